The molecule has 0 bridgehead atoms. The number of hydrogen-bond acceptors (Lipinski definition) is 3. The maximum Gasteiger partial charge on any atom is 0.256 e. The summed E-state index contributed by atoms with van der Waals surface area (Å²) in [4.78, 5) is 25.0. The minimum atomic E-state index is -0.555. The van der Waals surface area contributed by atoms with E-state index in [4.69, 9.17) is 0 Å². The van der Waals surface area contributed by atoms with E-state index in [1.165, 1.54) is 4.68 Å². The molecular weight excluding hydrogens is 402 g/mol. The molecule has 2 N–H and O–H groups in total. The second kappa shape index (κ2) is 8.29. The SMILES string of the molecule is Cc1cnn(Cc2cc(F)ccc2F)c1NC(=O)c1cccc(NC(=O)C2CC2C)c1. The van der Waals surface area contributed by atoms with Gasteiger partial charge in [0.05, 0.1) is 12.7 Å². The number of anilines is 2. The number of hydrogen-bond donors (Lipinski definition) is 2. The summed E-state index contributed by atoms with van der Waals surface area (Å²) in [6.07, 6.45) is 2.42. The first-order valence-electron chi connectivity index (χ1n) is 10.0. The topological polar surface area (TPSA) is 76.0 Å². The third kappa shape index (κ3) is 4.63. The molecule has 3 aromatic rings. The number of amides is 2. The van der Waals surface area contributed by atoms with Crippen molar-refractivity contribution in [2.24, 2.45) is 11.8 Å². The molecule has 31 heavy (non-hydrogen) atoms. The van der Waals surface area contributed by atoms with Gasteiger partial charge in [-0.25, -0.2) is 13.5 Å². The van der Waals surface area contributed by atoms with Crippen LogP contribution < -0.4 is 10.6 Å². The molecule has 0 spiro atoms. The van der Waals surface area contributed by atoms with E-state index in [2.05, 4.69) is 15.7 Å². The van der Waals surface area contributed by atoms with E-state index < -0.39 is 17.5 Å². The fourth-order valence-electron chi connectivity index (χ4n) is 3.43. The summed E-state index contributed by atoms with van der Waals surface area (Å²) in [6.45, 7) is 3.74. The van der Waals surface area contributed by atoms with Gasteiger partial charge >= 0.3 is 0 Å². The van der Waals surface area contributed by atoms with Crippen LogP contribution in [0.2, 0.25) is 0 Å². The molecule has 1 aromatic heterocycles. The lowest BCUT2D eigenvalue weighted by Crippen LogP contribution is -2.18. The number of rotatable bonds is 6. The van der Waals surface area contributed by atoms with E-state index in [9.17, 15) is 18.4 Å². The molecule has 1 fully saturated rings. The van der Waals surface area contributed by atoms with Crippen molar-refractivity contribution in [3.63, 3.8) is 0 Å². The Kier molecular flexibility index (Phi) is 5.54. The van der Waals surface area contributed by atoms with E-state index in [1.54, 1.807) is 37.4 Å². The Labute approximate surface area is 178 Å². The van der Waals surface area contributed by atoms with Crippen LogP contribution in [0.5, 0.6) is 0 Å². The summed E-state index contributed by atoms with van der Waals surface area (Å²) in [5, 5.41) is 9.80. The fraction of sp³-hybridized carbons (Fsp3) is 0.261. The first-order chi connectivity index (χ1) is 14.8. The average Bonchev–Trinajstić information content (AvgIpc) is 3.39. The van der Waals surface area contributed by atoms with Gasteiger partial charge in [-0.15, -0.1) is 0 Å². The summed E-state index contributed by atoms with van der Waals surface area (Å²) in [5.74, 6) is -0.757. The molecule has 2 aromatic carbocycles. The lowest BCUT2D eigenvalue weighted by atomic mass is 10.1. The third-order valence-corrected chi connectivity index (χ3v) is 5.42. The smallest absolute Gasteiger partial charge is 0.256 e. The van der Waals surface area contributed by atoms with Crippen LogP contribution in [0.25, 0.3) is 0 Å². The second-order valence-corrected chi connectivity index (χ2v) is 7.91. The molecule has 1 aliphatic carbocycles. The van der Waals surface area contributed by atoms with Crippen LogP contribution in [0.1, 0.15) is 34.8 Å². The highest BCUT2D eigenvalue weighted by Crippen LogP contribution is 2.38. The number of aromatic nitrogens is 2. The molecule has 1 aliphatic rings. The van der Waals surface area contributed by atoms with Gasteiger partial charge in [-0.05, 0) is 55.7 Å². The van der Waals surface area contributed by atoms with Gasteiger partial charge in [0.15, 0.2) is 0 Å². The second-order valence-electron chi connectivity index (χ2n) is 7.91. The van der Waals surface area contributed by atoms with E-state index in [1.807, 2.05) is 6.92 Å². The average molecular weight is 424 g/mol. The molecule has 2 atom stereocenters. The Morgan fingerprint density at radius 3 is 2.68 bits per heavy atom. The van der Waals surface area contributed by atoms with Crippen LogP contribution in [-0.2, 0) is 11.3 Å². The summed E-state index contributed by atoms with van der Waals surface area (Å²) >= 11 is 0. The predicted molar refractivity (Wildman–Crippen MR) is 113 cm³/mol. The van der Waals surface area contributed by atoms with Gasteiger partial charge < -0.3 is 10.6 Å². The van der Waals surface area contributed by atoms with Crippen LogP contribution in [0.4, 0.5) is 20.3 Å². The van der Waals surface area contributed by atoms with E-state index in [-0.39, 0.29) is 23.9 Å². The normalized spacial score (nSPS) is 17.3. The number of carbonyl (C=O) groups excluding carboxylic acids is 2. The number of nitrogens with zero attached hydrogens (tertiary/aromatic N) is 2. The van der Waals surface area contributed by atoms with Crippen molar-refractivity contribution in [1.82, 2.24) is 9.78 Å². The number of nitrogens with one attached hydrogen (secondary N) is 2. The summed E-state index contributed by atoms with van der Waals surface area (Å²) < 4.78 is 28.9. The lowest BCUT2D eigenvalue weighted by Gasteiger charge is -2.12. The van der Waals surface area contributed by atoms with Crippen LogP contribution in [0, 0.1) is 30.4 Å². The maximum absolute atomic E-state index is 14.0. The Bertz CT molecular complexity index is 1160. The first kappa shape index (κ1) is 20.7. The van der Waals surface area contributed by atoms with Gasteiger partial charge in [0.2, 0.25) is 5.91 Å². The molecule has 0 radical (unpaired) electrons. The van der Waals surface area contributed by atoms with E-state index in [0.717, 1.165) is 24.6 Å². The molecule has 160 valence electrons. The van der Waals surface area contributed by atoms with Crippen molar-refractivity contribution < 1.29 is 18.4 Å². The number of carbonyl (C=O) groups is 2. The first-order valence-corrected chi connectivity index (χ1v) is 10.0. The molecule has 4 rings (SSSR count). The summed E-state index contributed by atoms with van der Waals surface area (Å²) in [7, 11) is 0. The van der Waals surface area contributed by atoms with Gasteiger partial charge in [0.25, 0.3) is 5.91 Å². The molecule has 0 saturated heterocycles. The minimum absolute atomic E-state index is 0.0257. The Morgan fingerprint density at radius 2 is 1.94 bits per heavy atom. The molecule has 2 unspecified atom stereocenters. The van der Waals surface area contributed by atoms with Crippen molar-refractivity contribution >= 4 is 23.3 Å². The molecular formula is C23H22F2N4O2. The van der Waals surface area contributed by atoms with Gasteiger partial charge in [0.1, 0.15) is 17.5 Å². The molecule has 2 amide bonds. The number of halogens is 2. The van der Waals surface area contributed by atoms with E-state index >= 15 is 0 Å². The zero-order valence-corrected chi connectivity index (χ0v) is 17.2. The highest BCUT2D eigenvalue weighted by molar-refractivity contribution is 6.05. The summed E-state index contributed by atoms with van der Waals surface area (Å²) in [6, 6.07) is 9.85. The largest absolute Gasteiger partial charge is 0.326 e. The molecule has 6 nitrogen and oxygen atoms in total. The van der Waals surface area contributed by atoms with Crippen molar-refractivity contribution in [2.75, 3.05) is 10.6 Å². The molecule has 8 heteroatoms. The number of benzene rings is 2. The Morgan fingerprint density at radius 1 is 1.16 bits per heavy atom. The molecule has 0 aliphatic heterocycles. The maximum atomic E-state index is 14.0. The quantitative estimate of drug-likeness (QED) is 0.617. The van der Waals surface area contributed by atoms with Crippen LogP contribution >= 0.6 is 0 Å². The van der Waals surface area contributed by atoms with Gasteiger partial charge in [0, 0.05) is 28.3 Å². The van der Waals surface area contributed by atoms with Gasteiger partial charge in [-0.2, -0.15) is 5.10 Å². The van der Waals surface area contributed by atoms with Crippen LogP contribution in [0.3, 0.4) is 0 Å². The van der Waals surface area contributed by atoms with Crippen LogP contribution in [-0.4, -0.2) is 21.6 Å². The number of aryl methyl sites for hydroxylation is 1. The zero-order chi connectivity index (χ0) is 22.1. The van der Waals surface area contributed by atoms with Crippen molar-refractivity contribution in [1.29, 1.82) is 0 Å². The highest BCUT2D eigenvalue weighted by Gasteiger charge is 2.39. The standard InChI is InChI=1S/C23H22F2N4O2/c1-13-8-19(13)23(31)27-18-5-3-4-15(10-18)22(30)28-21-14(2)11-26-29(21)12-16-9-17(24)6-7-20(16)25/h3-7,9-11,13,19H,8,12H2,1-2H3,(H,27,31)(H,28,30). The molecule has 1 heterocycles. The lowest BCUT2D eigenvalue weighted by molar-refractivity contribution is -0.117. The van der Waals surface area contributed by atoms with E-state index in [0.29, 0.717) is 28.6 Å². The highest BCUT2D eigenvalue weighted by atomic mass is 19.1. The van der Waals surface area contributed by atoms with Crippen molar-refractivity contribution in [3.8, 4) is 0 Å². The summed E-state index contributed by atoms with van der Waals surface area (Å²) in [5.41, 5.74) is 1.70. The predicted octanol–water partition coefficient (Wildman–Crippen LogP) is 4.36. The van der Waals surface area contributed by atoms with Crippen molar-refractivity contribution in [3.05, 3.63) is 77.0 Å². The Balaban J connectivity index is 1.50. The Hall–Kier alpha value is -3.55. The monoisotopic (exact) mass is 424 g/mol. The fourth-order valence-corrected chi connectivity index (χ4v) is 3.43. The zero-order valence-electron chi connectivity index (χ0n) is 17.2. The van der Waals surface area contributed by atoms with Crippen LogP contribution in [0.15, 0.2) is 48.7 Å². The minimum Gasteiger partial charge on any atom is -0.326 e. The van der Waals surface area contributed by atoms with Gasteiger partial charge in [-0.3, -0.25) is 9.59 Å². The molecule has 1 saturated carbocycles. The van der Waals surface area contributed by atoms with Crippen molar-refractivity contribution in [2.45, 2.75) is 26.8 Å². The van der Waals surface area contributed by atoms with Gasteiger partial charge in [-0.1, -0.05) is 13.0 Å². The third-order valence-electron chi connectivity index (χ3n) is 5.42.